The maximum atomic E-state index is 13.0. The number of benzene rings is 1. The van der Waals surface area contributed by atoms with E-state index in [9.17, 15) is 9.90 Å². The molecule has 1 aromatic carbocycles. The molecule has 2 aliphatic heterocycles. The summed E-state index contributed by atoms with van der Waals surface area (Å²) < 4.78 is 0. The third kappa shape index (κ3) is 3.75. The van der Waals surface area contributed by atoms with Gasteiger partial charge in [-0.1, -0.05) is 23.8 Å². The fourth-order valence-corrected chi connectivity index (χ4v) is 4.27. The molecule has 0 spiro atoms. The number of rotatable bonds is 3. The summed E-state index contributed by atoms with van der Waals surface area (Å²) in [6.45, 7) is 4.73. The van der Waals surface area contributed by atoms with E-state index in [1.807, 2.05) is 17.0 Å². The molecular formula is C22H27N3O2. The second-order valence-corrected chi connectivity index (χ2v) is 7.83. The lowest BCUT2D eigenvalue weighted by molar-refractivity contribution is -0.121. The van der Waals surface area contributed by atoms with Gasteiger partial charge < -0.3 is 10.0 Å². The molecule has 0 aliphatic carbocycles. The topological polar surface area (TPSA) is 56.7 Å². The number of fused-ring (bicyclic) bond motifs is 1. The van der Waals surface area contributed by atoms with Crippen molar-refractivity contribution < 1.29 is 9.90 Å². The van der Waals surface area contributed by atoms with E-state index in [4.69, 9.17) is 0 Å². The number of likely N-dealkylation sites (tertiary alicyclic amines) is 1. The number of pyridine rings is 1. The molecule has 3 heterocycles. The summed E-state index contributed by atoms with van der Waals surface area (Å²) in [6.07, 6.45) is 6.78. The zero-order valence-corrected chi connectivity index (χ0v) is 15.9. The van der Waals surface area contributed by atoms with Gasteiger partial charge in [-0.3, -0.25) is 14.7 Å². The van der Waals surface area contributed by atoms with Crippen molar-refractivity contribution in [3.8, 4) is 0 Å². The van der Waals surface area contributed by atoms with Crippen molar-refractivity contribution in [1.29, 1.82) is 0 Å². The van der Waals surface area contributed by atoms with Crippen molar-refractivity contribution in [2.45, 2.75) is 38.2 Å². The quantitative estimate of drug-likeness (QED) is 0.909. The van der Waals surface area contributed by atoms with Crippen LogP contribution in [0.2, 0.25) is 0 Å². The van der Waals surface area contributed by atoms with Crippen LogP contribution in [0, 0.1) is 6.92 Å². The normalized spacial score (nSPS) is 19.6. The van der Waals surface area contributed by atoms with Crippen LogP contribution >= 0.6 is 0 Å². The molecule has 27 heavy (non-hydrogen) atoms. The maximum absolute atomic E-state index is 13.0. The SMILES string of the molecule is Cc1ccc2c(c1)CCCN2C(=O)CN1CCC(O)(c2cccnc2)CC1. The summed E-state index contributed by atoms with van der Waals surface area (Å²) in [7, 11) is 0. The van der Waals surface area contributed by atoms with Crippen LogP contribution < -0.4 is 4.90 Å². The first-order chi connectivity index (χ1) is 13.0. The number of aromatic nitrogens is 1. The van der Waals surface area contributed by atoms with Crippen molar-refractivity contribution in [3.63, 3.8) is 0 Å². The molecule has 4 rings (SSSR count). The number of carbonyl (C=O) groups is 1. The monoisotopic (exact) mass is 365 g/mol. The first-order valence-electron chi connectivity index (χ1n) is 9.80. The molecule has 1 amide bonds. The predicted octanol–water partition coefficient (Wildman–Crippen LogP) is 2.65. The Kier molecular flexibility index (Phi) is 4.98. The number of hydrogen-bond donors (Lipinski definition) is 1. The fraction of sp³-hybridized carbons (Fsp3) is 0.455. The molecule has 0 saturated carbocycles. The van der Waals surface area contributed by atoms with E-state index in [2.05, 4.69) is 35.0 Å². The van der Waals surface area contributed by atoms with E-state index in [0.717, 1.165) is 30.6 Å². The van der Waals surface area contributed by atoms with Crippen LogP contribution in [0.15, 0.2) is 42.7 Å². The second-order valence-electron chi connectivity index (χ2n) is 7.83. The lowest BCUT2D eigenvalue weighted by Crippen LogP contribution is -2.48. The molecule has 142 valence electrons. The van der Waals surface area contributed by atoms with Gasteiger partial charge in [-0.05, 0) is 50.3 Å². The smallest absolute Gasteiger partial charge is 0.241 e. The van der Waals surface area contributed by atoms with E-state index < -0.39 is 5.60 Å². The van der Waals surface area contributed by atoms with Crippen molar-refractivity contribution in [3.05, 3.63) is 59.4 Å². The highest BCUT2D eigenvalue weighted by Gasteiger charge is 2.35. The Morgan fingerprint density at radius 3 is 2.78 bits per heavy atom. The first kappa shape index (κ1) is 18.1. The Bertz CT molecular complexity index is 814. The van der Waals surface area contributed by atoms with Gasteiger partial charge in [0.05, 0.1) is 12.1 Å². The van der Waals surface area contributed by atoms with Crippen LogP contribution in [0.4, 0.5) is 5.69 Å². The van der Waals surface area contributed by atoms with Crippen molar-refractivity contribution in [1.82, 2.24) is 9.88 Å². The van der Waals surface area contributed by atoms with Crippen LogP contribution in [0.5, 0.6) is 0 Å². The Morgan fingerprint density at radius 1 is 1.22 bits per heavy atom. The minimum Gasteiger partial charge on any atom is -0.385 e. The van der Waals surface area contributed by atoms with Crippen molar-refractivity contribution in [2.75, 3.05) is 31.1 Å². The minimum atomic E-state index is -0.830. The van der Waals surface area contributed by atoms with Crippen molar-refractivity contribution in [2.24, 2.45) is 0 Å². The average molecular weight is 365 g/mol. The molecule has 1 fully saturated rings. The van der Waals surface area contributed by atoms with Crippen LogP contribution in [0.1, 0.15) is 36.0 Å². The zero-order valence-electron chi connectivity index (χ0n) is 15.9. The number of amides is 1. The molecule has 5 nitrogen and oxygen atoms in total. The number of carbonyl (C=O) groups excluding carboxylic acids is 1. The van der Waals surface area contributed by atoms with Crippen LogP contribution in [-0.2, 0) is 16.8 Å². The van der Waals surface area contributed by atoms with Gasteiger partial charge in [0.15, 0.2) is 0 Å². The van der Waals surface area contributed by atoms with E-state index >= 15 is 0 Å². The number of anilines is 1. The van der Waals surface area contributed by atoms with Crippen LogP contribution in [0.3, 0.4) is 0 Å². The zero-order chi connectivity index (χ0) is 18.9. The highest BCUT2D eigenvalue weighted by atomic mass is 16.3. The van der Waals surface area contributed by atoms with Gasteiger partial charge in [0.25, 0.3) is 0 Å². The summed E-state index contributed by atoms with van der Waals surface area (Å²) in [5.74, 6) is 0.159. The van der Waals surface area contributed by atoms with Gasteiger partial charge in [0.1, 0.15) is 0 Å². The highest BCUT2D eigenvalue weighted by molar-refractivity contribution is 5.96. The molecule has 2 aromatic rings. The van der Waals surface area contributed by atoms with E-state index in [1.54, 1.807) is 12.4 Å². The minimum absolute atomic E-state index is 0.159. The molecule has 0 atom stereocenters. The molecule has 5 heteroatoms. The maximum Gasteiger partial charge on any atom is 0.241 e. The van der Waals surface area contributed by atoms with Crippen LogP contribution in [-0.4, -0.2) is 47.1 Å². The number of aryl methyl sites for hydroxylation is 2. The summed E-state index contributed by atoms with van der Waals surface area (Å²) in [5.41, 5.74) is 3.63. The lowest BCUT2D eigenvalue weighted by Gasteiger charge is -2.39. The van der Waals surface area contributed by atoms with Gasteiger partial charge in [-0.15, -0.1) is 0 Å². The molecule has 1 N–H and O–H groups in total. The Labute approximate surface area is 160 Å². The molecule has 1 aromatic heterocycles. The molecule has 0 bridgehead atoms. The molecular weight excluding hydrogens is 338 g/mol. The summed E-state index contributed by atoms with van der Waals surface area (Å²) >= 11 is 0. The summed E-state index contributed by atoms with van der Waals surface area (Å²) in [5, 5.41) is 10.9. The summed E-state index contributed by atoms with van der Waals surface area (Å²) in [4.78, 5) is 21.2. The predicted molar refractivity (Wildman–Crippen MR) is 106 cm³/mol. The van der Waals surface area contributed by atoms with Gasteiger partial charge in [-0.2, -0.15) is 0 Å². The fourth-order valence-electron chi connectivity index (χ4n) is 4.27. The van der Waals surface area contributed by atoms with E-state index in [1.165, 1.54) is 11.1 Å². The average Bonchev–Trinajstić information content (AvgIpc) is 2.70. The standard InChI is InChI=1S/C22H27N3O2/c1-17-6-7-20-18(14-17)4-3-11-25(20)21(26)16-24-12-8-22(27,9-13-24)19-5-2-10-23-15-19/h2,5-7,10,14-15,27H,3-4,8-9,11-13,16H2,1H3. The van der Waals surface area contributed by atoms with E-state index in [0.29, 0.717) is 32.5 Å². The Hall–Kier alpha value is -2.24. The van der Waals surface area contributed by atoms with Gasteiger partial charge in [0, 0.05) is 43.3 Å². The third-order valence-electron chi connectivity index (χ3n) is 5.90. The number of nitrogens with zero attached hydrogens (tertiary/aromatic N) is 3. The second kappa shape index (κ2) is 7.41. The Balaban J connectivity index is 1.39. The highest BCUT2D eigenvalue weighted by Crippen LogP contribution is 2.33. The molecule has 2 aliphatic rings. The van der Waals surface area contributed by atoms with Crippen LogP contribution in [0.25, 0.3) is 0 Å². The summed E-state index contributed by atoms with van der Waals surface area (Å²) in [6, 6.07) is 10.2. The first-order valence-corrected chi connectivity index (χ1v) is 9.80. The lowest BCUT2D eigenvalue weighted by atomic mass is 9.85. The number of piperidine rings is 1. The molecule has 0 unspecified atom stereocenters. The number of hydrogen-bond acceptors (Lipinski definition) is 4. The van der Waals surface area contributed by atoms with Gasteiger partial charge >= 0.3 is 0 Å². The Morgan fingerprint density at radius 2 is 2.04 bits per heavy atom. The number of aliphatic hydroxyl groups is 1. The van der Waals surface area contributed by atoms with Crippen molar-refractivity contribution >= 4 is 11.6 Å². The molecule has 0 radical (unpaired) electrons. The third-order valence-corrected chi connectivity index (χ3v) is 5.90. The van der Waals surface area contributed by atoms with Gasteiger partial charge in [-0.25, -0.2) is 0 Å². The van der Waals surface area contributed by atoms with E-state index in [-0.39, 0.29) is 5.91 Å². The molecule has 1 saturated heterocycles. The largest absolute Gasteiger partial charge is 0.385 e. The van der Waals surface area contributed by atoms with Gasteiger partial charge in [0.2, 0.25) is 5.91 Å².